The highest BCUT2D eigenvalue weighted by Crippen LogP contribution is 2.12. The summed E-state index contributed by atoms with van der Waals surface area (Å²) in [5.74, 6) is 0.133. The van der Waals surface area contributed by atoms with Crippen LogP contribution in [0.15, 0.2) is 77.7 Å². The lowest BCUT2D eigenvalue weighted by atomic mass is 10.1. The van der Waals surface area contributed by atoms with E-state index < -0.39 is 0 Å². The number of benzene rings is 2. The van der Waals surface area contributed by atoms with Crippen LogP contribution in [0.2, 0.25) is 0 Å². The van der Waals surface area contributed by atoms with Crippen molar-refractivity contribution in [2.75, 3.05) is 13.2 Å². The minimum Gasteiger partial charge on any atom is -0.494 e. The van der Waals surface area contributed by atoms with Crippen LogP contribution in [0.3, 0.4) is 0 Å². The third-order valence-electron chi connectivity index (χ3n) is 5.06. The van der Waals surface area contributed by atoms with Gasteiger partial charge in [0.2, 0.25) is 5.91 Å². The van der Waals surface area contributed by atoms with Gasteiger partial charge in [0.15, 0.2) is 0 Å². The molecule has 0 atom stereocenters. The van der Waals surface area contributed by atoms with Crippen molar-refractivity contribution in [1.29, 1.82) is 0 Å². The highest BCUT2D eigenvalue weighted by molar-refractivity contribution is 5.96. The van der Waals surface area contributed by atoms with Crippen molar-refractivity contribution >= 4 is 11.8 Å². The first kappa shape index (κ1) is 23.8. The molecule has 0 aliphatic rings. The Morgan fingerprint density at radius 3 is 2.33 bits per heavy atom. The number of hydrogen-bond donors (Lipinski definition) is 2. The first-order valence-electron chi connectivity index (χ1n) is 11.1. The number of carbonyl (C=O) groups excluding carboxylic acids is 2. The van der Waals surface area contributed by atoms with E-state index in [1.54, 1.807) is 41.1 Å². The molecule has 3 aromatic rings. The van der Waals surface area contributed by atoms with Gasteiger partial charge in [-0.05, 0) is 47.9 Å². The van der Waals surface area contributed by atoms with E-state index in [0.29, 0.717) is 25.3 Å². The topological polar surface area (TPSA) is 89.4 Å². The summed E-state index contributed by atoms with van der Waals surface area (Å²) < 4.78 is 7.22. The Hall–Kier alpha value is -3.87. The second-order valence-corrected chi connectivity index (χ2v) is 7.67. The minimum atomic E-state index is -0.314. The second-order valence-electron chi connectivity index (χ2n) is 7.67. The van der Waals surface area contributed by atoms with E-state index in [0.717, 1.165) is 29.7 Å². The molecule has 7 heteroatoms. The summed E-state index contributed by atoms with van der Waals surface area (Å²) in [6, 6.07) is 19.6. The maximum atomic E-state index is 12.3. The zero-order valence-corrected chi connectivity index (χ0v) is 18.8. The SMILES string of the molecule is CCCCOc1ccc(C(=O)NCC(=O)NCc2ccc(Cn3ccccc3=O)cc2)cc1. The monoisotopic (exact) mass is 447 g/mol. The summed E-state index contributed by atoms with van der Waals surface area (Å²) in [5.41, 5.74) is 2.34. The predicted octanol–water partition coefficient (Wildman–Crippen LogP) is 3.12. The zero-order chi connectivity index (χ0) is 23.5. The largest absolute Gasteiger partial charge is 0.494 e. The number of nitrogens with one attached hydrogen (secondary N) is 2. The lowest BCUT2D eigenvalue weighted by molar-refractivity contribution is -0.120. The maximum Gasteiger partial charge on any atom is 0.251 e. The Kier molecular flexibility index (Phi) is 8.82. The van der Waals surface area contributed by atoms with E-state index in [2.05, 4.69) is 17.6 Å². The normalized spacial score (nSPS) is 10.5. The van der Waals surface area contributed by atoms with E-state index in [1.165, 1.54) is 6.07 Å². The summed E-state index contributed by atoms with van der Waals surface area (Å²) in [6.07, 6.45) is 3.79. The molecular formula is C26H29N3O4. The highest BCUT2D eigenvalue weighted by atomic mass is 16.5. The number of carbonyl (C=O) groups is 2. The minimum absolute atomic E-state index is 0.0489. The summed E-state index contributed by atoms with van der Waals surface area (Å²) in [5, 5.41) is 5.42. The highest BCUT2D eigenvalue weighted by Gasteiger charge is 2.08. The van der Waals surface area contributed by atoms with Gasteiger partial charge in [-0.25, -0.2) is 0 Å². The Labute approximate surface area is 193 Å². The Bertz CT molecular complexity index is 1110. The third-order valence-corrected chi connectivity index (χ3v) is 5.06. The molecule has 2 N–H and O–H groups in total. The van der Waals surface area contributed by atoms with Gasteiger partial charge in [0, 0.05) is 24.4 Å². The summed E-state index contributed by atoms with van der Waals surface area (Å²) in [4.78, 5) is 36.2. The molecule has 0 spiro atoms. The van der Waals surface area contributed by atoms with E-state index >= 15 is 0 Å². The molecule has 0 saturated carbocycles. The number of nitrogens with zero attached hydrogens (tertiary/aromatic N) is 1. The van der Waals surface area contributed by atoms with Gasteiger partial charge in [0.05, 0.1) is 19.7 Å². The molecule has 3 rings (SSSR count). The van der Waals surface area contributed by atoms with Crippen molar-refractivity contribution in [3.63, 3.8) is 0 Å². The van der Waals surface area contributed by atoms with E-state index in [1.807, 2.05) is 30.3 Å². The lowest BCUT2D eigenvalue weighted by Gasteiger charge is -2.09. The first-order valence-corrected chi connectivity index (χ1v) is 11.1. The maximum absolute atomic E-state index is 12.3. The van der Waals surface area contributed by atoms with Crippen molar-refractivity contribution in [1.82, 2.24) is 15.2 Å². The zero-order valence-electron chi connectivity index (χ0n) is 18.8. The van der Waals surface area contributed by atoms with Gasteiger partial charge in [0.1, 0.15) is 5.75 Å². The van der Waals surface area contributed by atoms with Crippen molar-refractivity contribution in [3.8, 4) is 5.75 Å². The van der Waals surface area contributed by atoms with Crippen LogP contribution >= 0.6 is 0 Å². The van der Waals surface area contributed by atoms with Crippen LogP contribution in [0.4, 0.5) is 0 Å². The van der Waals surface area contributed by atoms with Crippen molar-refractivity contribution in [2.45, 2.75) is 32.9 Å². The van der Waals surface area contributed by atoms with Crippen molar-refractivity contribution in [3.05, 3.63) is 100.0 Å². The molecule has 0 fully saturated rings. The van der Waals surface area contributed by atoms with Gasteiger partial charge in [-0.1, -0.05) is 43.7 Å². The smallest absolute Gasteiger partial charge is 0.251 e. The molecule has 0 unspecified atom stereocenters. The van der Waals surface area contributed by atoms with Gasteiger partial charge in [0.25, 0.3) is 11.5 Å². The molecule has 2 aromatic carbocycles. The standard InChI is InChI=1S/C26H29N3O4/c1-2-3-16-33-23-13-11-22(12-14-23)26(32)28-18-24(30)27-17-20-7-9-21(10-8-20)19-29-15-5-4-6-25(29)31/h4-15H,2-3,16-19H2,1H3,(H,27,30)(H,28,32). The third kappa shape index (κ3) is 7.64. The second kappa shape index (κ2) is 12.2. The van der Waals surface area contributed by atoms with Crippen LogP contribution in [-0.4, -0.2) is 29.5 Å². The van der Waals surface area contributed by atoms with Crippen LogP contribution in [0.25, 0.3) is 0 Å². The number of unbranched alkanes of at least 4 members (excludes halogenated alkanes) is 1. The number of rotatable bonds is 11. The number of ether oxygens (including phenoxy) is 1. The fourth-order valence-electron chi connectivity index (χ4n) is 3.11. The molecule has 1 heterocycles. The van der Waals surface area contributed by atoms with Gasteiger partial charge >= 0.3 is 0 Å². The van der Waals surface area contributed by atoms with Crippen LogP contribution in [0, 0.1) is 0 Å². The van der Waals surface area contributed by atoms with Crippen molar-refractivity contribution < 1.29 is 14.3 Å². The van der Waals surface area contributed by atoms with E-state index in [-0.39, 0.29) is 23.9 Å². The van der Waals surface area contributed by atoms with Crippen LogP contribution < -0.4 is 20.9 Å². The Balaban J connectivity index is 1.40. The number of hydrogen-bond acceptors (Lipinski definition) is 4. The quantitative estimate of drug-likeness (QED) is 0.442. The van der Waals surface area contributed by atoms with Gasteiger partial charge in [-0.3, -0.25) is 14.4 Å². The molecule has 0 aliphatic carbocycles. The van der Waals surface area contributed by atoms with Gasteiger partial charge < -0.3 is 19.9 Å². The van der Waals surface area contributed by atoms with Crippen LogP contribution in [0.5, 0.6) is 5.75 Å². The van der Waals surface area contributed by atoms with Crippen LogP contribution in [0.1, 0.15) is 41.3 Å². The molecule has 0 radical (unpaired) electrons. The van der Waals surface area contributed by atoms with Crippen molar-refractivity contribution in [2.24, 2.45) is 0 Å². The molecule has 0 saturated heterocycles. The first-order chi connectivity index (χ1) is 16.0. The summed E-state index contributed by atoms with van der Waals surface area (Å²) in [6.45, 7) is 3.48. The number of aromatic nitrogens is 1. The fourth-order valence-corrected chi connectivity index (χ4v) is 3.11. The van der Waals surface area contributed by atoms with E-state index in [9.17, 15) is 14.4 Å². The molecule has 0 aliphatic heterocycles. The molecule has 33 heavy (non-hydrogen) atoms. The van der Waals surface area contributed by atoms with Gasteiger partial charge in [-0.2, -0.15) is 0 Å². The van der Waals surface area contributed by atoms with E-state index in [4.69, 9.17) is 4.74 Å². The number of amides is 2. The predicted molar refractivity (Wildman–Crippen MR) is 127 cm³/mol. The average molecular weight is 448 g/mol. The molecular weight excluding hydrogens is 418 g/mol. The van der Waals surface area contributed by atoms with Gasteiger partial charge in [-0.15, -0.1) is 0 Å². The molecule has 0 bridgehead atoms. The lowest BCUT2D eigenvalue weighted by Crippen LogP contribution is -2.36. The summed E-state index contributed by atoms with van der Waals surface area (Å²) >= 11 is 0. The fraction of sp³-hybridized carbons (Fsp3) is 0.269. The molecule has 172 valence electrons. The molecule has 1 aromatic heterocycles. The average Bonchev–Trinajstić information content (AvgIpc) is 2.84. The Morgan fingerprint density at radius 2 is 1.64 bits per heavy atom. The summed E-state index contributed by atoms with van der Waals surface area (Å²) in [7, 11) is 0. The van der Waals surface area contributed by atoms with Crippen LogP contribution in [-0.2, 0) is 17.9 Å². The molecule has 2 amide bonds. The Morgan fingerprint density at radius 1 is 0.909 bits per heavy atom. The number of pyridine rings is 1. The molecule has 7 nitrogen and oxygen atoms in total.